The fraction of sp³-hybridized carbons (Fsp3) is 0.417. The fourth-order valence-electron chi connectivity index (χ4n) is 2.05. The molecule has 0 radical (unpaired) electrons. The minimum atomic E-state index is -3.37. The first-order chi connectivity index (χ1) is 7.85. The van der Waals surface area contributed by atoms with Crippen molar-refractivity contribution in [1.82, 2.24) is 0 Å². The van der Waals surface area contributed by atoms with Gasteiger partial charge in [-0.05, 0) is 44.0 Å². The van der Waals surface area contributed by atoms with Gasteiger partial charge in [-0.2, -0.15) is 5.26 Å². The number of hydrogen-bond donors (Lipinski definition) is 1. The summed E-state index contributed by atoms with van der Waals surface area (Å²) < 4.78 is 24.2. The zero-order valence-corrected chi connectivity index (χ0v) is 10.2. The Balaban J connectivity index is 2.25. The minimum Gasteiger partial charge on any atom is -0.390 e. The van der Waals surface area contributed by atoms with E-state index in [0.717, 1.165) is 0 Å². The third kappa shape index (κ3) is 2.19. The molecule has 1 aromatic carbocycles. The highest BCUT2D eigenvalue weighted by molar-refractivity contribution is 7.92. The van der Waals surface area contributed by atoms with Crippen LogP contribution in [0, 0.1) is 11.3 Å². The Morgan fingerprint density at radius 2 is 1.88 bits per heavy atom. The van der Waals surface area contributed by atoms with Crippen molar-refractivity contribution < 1.29 is 13.5 Å². The maximum absolute atomic E-state index is 12.1. The van der Waals surface area contributed by atoms with Crippen molar-refractivity contribution in [3.63, 3.8) is 0 Å². The number of aliphatic hydroxyl groups is 1. The van der Waals surface area contributed by atoms with E-state index in [9.17, 15) is 13.5 Å². The Hall–Kier alpha value is -1.38. The zero-order valence-electron chi connectivity index (χ0n) is 9.42. The number of rotatable bonds is 2. The predicted molar refractivity (Wildman–Crippen MR) is 62.0 cm³/mol. The third-order valence-corrected chi connectivity index (χ3v) is 5.23. The second-order valence-corrected chi connectivity index (χ2v) is 6.94. The molecule has 1 fully saturated rings. The molecule has 1 aliphatic carbocycles. The van der Waals surface area contributed by atoms with E-state index in [1.54, 1.807) is 6.92 Å². The molecule has 0 bridgehead atoms. The highest BCUT2D eigenvalue weighted by Gasteiger charge is 2.46. The van der Waals surface area contributed by atoms with Crippen LogP contribution in [0.3, 0.4) is 0 Å². The fourth-order valence-corrected chi connectivity index (χ4v) is 4.11. The van der Waals surface area contributed by atoms with Crippen molar-refractivity contribution in [1.29, 1.82) is 5.26 Å². The van der Waals surface area contributed by atoms with E-state index in [4.69, 9.17) is 5.26 Å². The van der Waals surface area contributed by atoms with E-state index >= 15 is 0 Å². The number of nitrogens with zero attached hydrogens (tertiary/aromatic N) is 1. The highest BCUT2D eigenvalue weighted by Crippen LogP contribution is 2.38. The molecule has 1 saturated carbocycles. The van der Waals surface area contributed by atoms with Gasteiger partial charge in [0.15, 0.2) is 9.84 Å². The van der Waals surface area contributed by atoms with Gasteiger partial charge in [0, 0.05) is 0 Å². The molecule has 0 heterocycles. The van der Waals surface area contributed by atoms with Gasteiger partial charge in [0.2, 0.25) is 0 Å². The quantitative estimate of drug-likeness (QED) is 0.858. The zero-order chi connectivity index (χ0) is 12.7. The molecule has 0 saturated heterocycles. The van der Waals surface area contributed by atoms with E-state index < -0.39 is 20.7 Å². The Kier molecular flexibility index (Phi) is 2.72. The van der Waals surface area contributed by atoms with Crippen LogP contribution in [0.1, 0.15) is 25.3 Å². The Morgan fingerprint density at radius 3 is 2.29 bits per heavy atom. The van der Waals surface area contributed by atoms with E-state index in [-0.39, 0.29) is 17.7 Å². The van der Waals surface area contributed by atoms with Crippen LogP contribution < -0.4 is 0 Å². The maximum Gasteiger partial charge on any atom is 0.181 e. The first kappa shape index (κ1) is 12.1. The largest absolute Gasteiger partial charge is 0.390 e. The summed E-state index contributed by atoms with van der Waals surface area (Å²) in [6.45, 7) is 1.64. The van der Waals surface area contributed by atoms with Gasteiger partial charge < -0.3 is 5.11 Å². The lowest BCUT2D eigenvalue weighted by molar-refractivity contribution is -0.0116. The van der Waals surface area contributed by atoms with Crippen LogP contribution in [-0.4, -0.2) is 24.4 Å². The third-order valence-electron chi connectivity index (χ3n) is 3.09. The minimum absolute atomic E-state index is 0.219. The molecule has 17 heavy (non-hydrogen) atoms. The smallest absolute Gasteiger partial charge is 0.181 e. The molecule has 1 aromatic rings. The summed E-state index contributed by atoms with van der Waals surface area (Å²) in [4.78, 5) is 0.219. The van der Waals surface area contributed by atoms with Crippen LogP contribution in [-0.2, 0) is 9.84 Å². The molecule has 2 rings (SSSR count). The molecule has 0 spiro atoms. The molecule has 0 aliphatic heterocycles. The van der Waals surface area contributed by atoms with Crippen molar-refractivity contribution >= 4 is 9.84 Å². The summed E-state index contributed by atoms with van der Waals surface area (Å²) in [6.07, 6.45) is 0.546. The van der Waals surface area contributed by atoms with E-state index in [2.05, 4.69) is 0 Å². The predicted octanol–water partition coefficient (Wildman–Crippen LogP) is 1.25. The van der Waals surface area contributed by atoms with E-state index in [1.165, 1.54) is 24.3 Å². The van der Waals surface area contributed by atoms with Crippen LogP contribution >= 0.6 is 0 Å². The van der Waals surface area contributed by atoms with Gasteiger partial charge in [0.25, 0.3) is 0 Å². The van der Waals surface area contributed by atoms with Crippen LogP contribution in [0.5, 0.6) is 0 Å². The van der Waals surface area contributed by atoms with Gasteiger partial charge in [-0.1, -0.05) is 0 Å². The van der Waals surface area contributed by atoms with Crippen molar-refractivity contribution in [3.8, 4) is 6.07 Å². The lowest BCUT2D eigenvalue weighted by atomic mass is 9.82. The van der Waals surface area contributed by atoms with Gasteiger partial charge in [-0.15, -0.1) is 0 Å². The molecular weight excluding hydrogens is 238 g/mol. The van der Waals surface area contributed by atoms with Crippen LogP contribution in [0.15, 0.2) is 29.2 Å². The molecule has 1 aliphatic rings. The number of benzene rings is 1. The second kappa shape index (κ2) is 3.83. The molecule has 0 unspecified atom stereocenters. The van der Waals surface area contributed by atoms with E-state index in [0.29, 0.717) is 5.56 Å². The summed E-state index contributed by atoms with van der Waals surface area (Å²) in [5.41, 5.74) is -0.422. The van der Waals surface area contributed by atoms with Crippen molar-refractivity contribution in [2.75, 3.05) is 0 Å². The maximum atomic E-state index is 12.1. The summed E-state index contributed by atoms with van der Waals surface area (Å²) in [5.74, 6) is 0. The number of nitriles is 1. The first-order valence-electron chi connectivity index (χ1n) is 5.32. The van der Waals surface area contributed by atoms with E-state index in [1.807, 2.05) is 6.07 Å². The summed E-state index contributed by atoms with van der Waals surface area (Å²) in [7, 11) is -3.37. The Bertz CT molecular complexity index is 559. The summed E-state index contributed by atoms with van der Waals surface area (Å²) in [6, 6.07) is 7.81. The topological polar surface area (TPSA) is 78.2 Å². The average molecular weight is 251 g/mol. The average Bonchev–Trinajstić information content (AvgIpc) is 2.26. The van der Waals surface area contributed by atoms with Crippen molar-refractivity contribution in [3.05, 3.63) is 29.8 Å². The molecular formula is C12H13NO3S. The molecule has 4 nitrogen and oxygen atoms in total. The SMILES string of the molecule is CC1(O)CC(S(=O)(=O)c2ccc(C#N)cc2)C1. The lowest BCUT2D eigenvalue weighted by Gasteiger charge is -2.40. The van der Waals surface area contributed by atoms with Crippen LogP contribution in [0.2, 0.25) is 0 Å². The molecule has 1 N–H and O–H groups in total. The Morgan fingerprint density at radius 1 is 1.35 bits per heavy atom. The highest BCUT2D eigenvalue weighted by atomic mass is 32.2. The number of sulfone groups is 1. The van der Waals surface area contributed by atoms with Gasteiger partial charge in [0.1, 0.15) is 0 Å². The standard InChI is InChI=1S/C12H13NO3S/c1-12(14)6-11(7-12)17(15,16)10-4-2-9(8-13)3-5-10/h2-5,11,14H,6-7H2,1H3. The molecule has 0 aromatic heterocycles. The molecule has 0 amide bonds. The van der Waals surface area contributed by atoms with Gasteiger partial charge in [-0.3, -0.25) is 0 Å². The second-order valence-electron chi connectivity index (χ2n) is 4.71. The first-order valence-corrected chi connectivity index (χ1v) is 6.86. The summed E-state index contributed by atoms with van der Waals surface area (Å²) >= 11 is 0. The number of hydrogen-bond acceptors (Lipinski definition) is 4. The van der Waals surface area contributed by atoms with Crippen molar-refractivity contribution in [2.24, 2.45) is 0 Å². The summed E-state index contributed by atoms with van der Waals surface area (Å²) in [5, 5.41) is 17.7. The van der Waals surface area contributed by atoms with Gasteiger partial charge >= 0.3 is 0 Å². The van der Waals surface area contributed by atoms with Crippen molar-refractivity contribution in [2.45, 2.75) is 35.5 Å². The normalized spacial score (nSPS) is 28.2. The van der Waals surface area contributed by atoms with Gasteiger partial charge in [-0.25, -0.2) is 8.42 Å². The monoisotopic (exact) mass is 251 g/mol. The van der Waals surface area contributed by atoms with Gasteiger partial charge in [0.05, 0.1) is 27.4 Å². The molecule has 90 valence electrons. The van der Waals surface area contributed by atoms with Crippen LogP contribution in [0.4, 0.5) is 0 Å². The molecule has 0 atom stereocenters. The molecule has 5 heteroatoms. The lowest BCUT2D eigenvalue weighted by Crippen LogP contribution is -2.48. The van der Waals surface area contributed by atoms with Crippen LogP contribution in [0.25, 0.3) is 0 Å². The Labute approximate surface area is 100 Å².